The number of nitrogens with zero attached hydrogens (tertiary/aromatic N) is 1. The van der Waals surface area contributed by atoms with Gasteiger partial charge < -0.3 is 10.0 Å². The standard InChI is InChI=1S/C19H35NO3/c1-4-7-8-9-10-11-12-13-14-15-17(16-18(21)22)19(23)20(5-2)6-3/h4,17H,1,5-16H2,2-3H3,(H,21,22). The van der Waals surface area contributed by atoms with Crippen LogP contribution in [0.2, 0.25) is 0 Å². The molecule has 0 aromatic carbocycles. The number of carbonyl (C=O) groups excluding carboxylic acids is 1. The fraction of sp³-hybridized carbons (Fsp3) is 0.789. The lowest BCUT2D eigenvalue weighted by atomic mass is 9.95. The summed E-state index contributed by atoms with van der Waals surface area (Å²) in [6.45, 7) is 8.89. The van der Waals surface area contributed by atoms with Gasteiger partial charge in [0.1, 0.15) is 0 Å². The maximum Gasteiger partial charge on any atom is 0.304 e. The Morgan fingerprint density at radius 2 is 1.52 bits per heavy atom. The van der Waals surface area contributed by atoms with Gasteiger partial charge >= 0.3 is 5.97 Å². The first kappa shape index (κ1) is 21.7. The Labute approximate surface area is 141 Å². The van der Waals surface area contributed by atoms with E-state index in [1.165, 1.54) is 32.1 Å². The molecule has 0 rings (SSSR count). The highest BCUT2D eigenvalue weighted by molar-refractivity contribution is 5.83. The summed E-state index contributed by atoms with van der Waals surface area (Å²) in [5.41, 5.74) is 0. The summed E-state index contributed by atoms with van der Waals surface area (Å²) in [5, 5.41) is 9.03. The van der Waals surface area contributed by atoms with Gasteiger partial charge in [0.2, 0.25) is 5.91 Å². The molecule has 4 nitrogen and oxygen atoms in total. The molecule has 0 aliphatic carbocycles. The average Bonchev–Trinajstić information content (AvgIpc) is 2.52. The van der Waals surface area contributed by atoms with Crippen LogP contribution in [-0.4, -0.2) is 35.0 Å². The molecular formula is C19H35NO3. The number of hydrogen-bond acceptors (Lipinski definition) is 2. The van der Waals surface area contributed by atoms with Crippen LogP contribution in [0.15, 0.2) is 12.7 Å². The van der Waals surface area contributed by atoms with Crippen LogP contribution in [0.25, 0.3) is 0 Å². The van der Waals surface area contributed by atoms with Gasteiger partial charge in [-0.05, 0) is 33.1 Å². The number of allylic oxidation sites excluding steroid dienone is 1. The first-order valence-electron chi connectivity index (χ1n) is 9.18. The number of carboxylic acids is 1. The van der Waals surface area contributed by atoms with Gasteiger partial charge in [-0.3, -0.25) is 9.59 Å². The summed E-state index contributed by atoms with van der Waals surface area (Å²) in [7, 11) is 0. The van der Waals surface area contributed by atoms with Crippen molar-refractivity contribution in [2.24, 2.45) is 5.92 Å². The lowest BCUT2D eigenvalue weighted by molar-refractivity contribution is -0.144. The highest BCUT2D eigenvalue weighted by Crippen LogP contribution is 2.18. The largest absolute Gasteiger partial charge is 0.481 e. The SMILES string of the molecule is C=CCCCCCCCCCC(CC(=O)O)C(=O)N(CC)CC. The second-order valence-electron chi connectivity index (χ2n) is 6.15. The lowest BCUT2D eigenvalue weighted by Gasteiger charge is -2.24. The summed E-state index contributed by atoms with van der Waals surface area (Å²) < 4.78 is 0. The molecule has 0 spiro atoms. The third-order valence-corrected chi connectivity index (χ3v) is 4.31. The van der Waals surface area contributed by atoms with E-state index in [9.17, 15) is 9.59 Å². The van der Waals surface area contributed by atoms with E-state index in [2.05, 4.69) is 6.58 Å². The molecule has 0 saturated heterocycles. The van der Waals surface area contributed by atoms with Crippen molar-refractivity contribution in [3.63, 3.8) is 0 Å². The summed E-state index contributed by atoms with van der Waals surface area (Å²) in [5.74, 6) is -1.24. The molecule has 0 radical (unpaired) electrons. The van der Waals surface area contributed by atoms with Gasteiger partial charge in [-0.1, -0.05) is 44.6 Å². The second-order valence-corrected chi connectivity index (χ2v) is 6.15. The Morgan fingerprint density at radius 3 is 2.00 bits per heavy atom. The van der Waals surface area contributed by atoms with Crippen LogP contribution in [-0.2, 0) is 9.59 Å². The van der Waals surface area contributed by atoms with Crippen LogP contribution >= 0.6 is 0 Å². The number of rotatable bonds is 15. The van der Waals surface area contributed by atoms with E-state index in [4.69, 9.17) is 5.11 Å². The number of aliphatic carboxylic acids is 1. The van der Waals surface area contributed by atoms with Crippen LogP contribution in [0.5, 0.6) is 0 Å². The third-order valence-electron chi connectivity index (χ3n) is 4.31. The molecule has 0 aliphatic heterocycles. The predicted molar refractivity (Wildman–Crippen MR) is 95.4 cm³/mol. The smallest absolute Gasteiger partial charge is 0.304 e. The molecule has 4 heteroatoms. The Morgan fingerprint density at radius 1 is 1.00 bits per heavy atom. The maximum absolute atomic E-state index is 12.4. The zero-order chi connectivity index (χ0) is 17.5. The summed E-state index contributed by atoms with van der Waals surface area (Å²) in [6, 6.07) is 0. The highest BCUT2D eigenvalue weighted by Gasteiger charge is 2.24. The first-order chi connectivity index (χ1) is 11.1. The molecule has 0 fully saturated rings. The van der Waals surface area contributed by atoms with Crippen LogP contribution in [0.3, 0.4) is 0 Å². The summed E-state index contributed by atoms with van der Waals surface area (Å²) in [6.07, 6.45) is 11.9. The molecule has 0 bridgehead atoms. The highest BCUT2D eigenvalue weighted by atomic mass is 16.4. The Hall–Kier alpha value is -1.32. The molecule has 23 heavy (non-hydrogen) atoms. The van der Waals surface area contributed by atoms with Crippen molar-refractivity contribution in [1.29, 1.82) is 0 Å². The number of unbranched alkanes of at least 4 members (excludes halogenated alkanes) is 7. The van der Waals surface area contributed by atoms with Gasteiger partial charge in [0.05, 0.1) is 6.42 Å². The van der Waals surface area contributed by atoms with Crippen LogP contribution in [0.1, 0.15) is 78.1 Å². The molecule has 1 atom stereocenters. The van der Waals surface area contributed by atoms with Gasteiger partial charge in [-0.25, -0.2) is 0 Å². The number of amides is 1. The molecule has 134 valence electrons. The monoisotopic (exact) mass is 325 g/mol. The Bertz CT molecular complexity index is 338. The Balaban J connectivity index is 3.99. The van der Waals surface area contributed by atoms with E-state index in [1.807, 2.05) is 19.9 Å². The van der Waals surface area contributed by atoms with Crippen molar-refractivity contribution in [2.75, 3.05) is 13.1 Å². The minimum Gasteiger partial charge on any atom is -0.481 e. The maximum atomic E-state index is 12.4. The van der Waals surface area contributed by atoms with Crippen molar-refractivity contribution in [3.05, 3.63) is 12.7 Å². The van der Waals surface area contributed by atoms with E-state index in [0.29, 0.717) is 19.5 Å². The van der Waals surface area contributed by atoms with E-state index in [-0.39, 0.29) is 18.2 Å². The predicted octanol–water partition coefficient (Wildman–Crippen LogP) is 4.64. The molecule has 0 aliphatic rings. The average molecular weight is 325 g/mol. The van der Waals surface area contributed by atoms with Gasteiger partial charge in [0, 0.05) is 19.0 Å². The summed E-state index contributed by atoms with van der Waals surface area (Å²) >= 11 is 0. The molecule has 0 heterocycles. The topological polar surface area (TPSA) is 57.6 Å². The van der Waals surface area contributed by atoms with Crippen LogP contribution < -0.4 is 0 Å². The first-order valence-corrected chi connectivity index (χ1v) is 9.18. The van der Waals surface area contributed by atoms with Crippen molar-refractivity contribution < 1.29 is 14.7 Å². The number of hydrogen-bond donors (Lipinski definition) is 1. The molecular weight excluding hydrogens is 290 g/mol. The van der Waals surface area contributed by atoms with Crippen molar-refractivity contribution >= 4 is 11.9 Å². The van der Waals surface area contributed by atoms with E-state index >= 15 is 0 Å². The molecule has 0 saturated carbocycles. The minimum atomic E-state index is -0.877. The number of carbonyl (C=O) groups is 2. The fourth-order valence-corrected chi connectivity index (χ4v) is 2.88. The van der Waals surface area contributed by atoms with E-state index in [1.54, 1.807) is 4.90 Å². The zero-order valence-corrected chi connectivity index (χ0v) is 15.1. The van der Waals surface area contributed by atoms with E-state index < -0.39 is 5.97 Å². The zero-order valence-electron chi connectivity index (χ0n) is 15.1. The normalized spacial score (nSPS) is 11.9. The van der Waals surface area contributed by atoms with Crippen molar-refractivity contribution in [3.8, 4) is 0 Å². The van der Waals surface area contributed by atoms with Gasteiger partial charge in [-0.2, -0.15) is 0 Å². The van der Waals surface area contributed by atoms with Gasteiger partial charge in [0.25, 0.3) is 0 Å². The summed E-state index contributed by atoms with van der Waals surface area (Å²) in [4.78, 5) is 25.1. The molecule has 0 aromatic heterocycles. The van der Waals surface area contributed by atoms with E-state index in [0.717, 1.165) is 19.3 Å². The molecule has 0 aromatic rings. The Kier molecular flexibility index (Phi) is 13.5. The van der Waals surface area contributed by atoms with Crippen molar-refractivity contribution in [1.82, 2.24) is 4.90 Å². The minimum absolute atomic E-state index is 0.00169. The quantitative estimate of drug-likeness (QED) is 0.352. The van der Waals surface area contributed by atoms with Gasteiger partial charge in [-0.15, -0.1) is 6.58 Å². The molecule has 1 N–H and O–H groups in total. The molecule has 1 amide bonds. The van der Waals surface area contributed by atoms with Crippen LogP contribution in [0.4, 0.5) is 0 Å². The third kappa shape index (κ3) is 10.9. The van der Waals surface area contributed by atoms with Crippen molar-refractivity contribution in [2.45, 2.75) is 78.1 Å². The molecule has 1 unspecified atom stereocenters. The number of carboxylic acid groups (broad SMARTS) is 1. The lowest BCUT2D eigenvalue weighted by Crippen LogP contribution is -2.36. The van der Waals surface area contributed by atoms with Crippen LogP contribution in [0, 0.1) is 5.92 Å². The second kappa shape index (κ2) is 14.3. The fourth-order valence-electron chi connectivity index (χ4n) is 2.88. The van der Waals surface area contributed by atoms with Gasteiger partial charge in [0.15, 0.2) is 0 Å².